The molecule has 2 rings (SSSR count). The second-order valence-corrected chi connectivity index (χ2v) is 5.74. The monoisotopic (exact) mass is 356 g/mol. The van der Waals surface area contributed by atoms with Crippen LogP contribution < -0.4 is 0 Å². The van der Waals surface area contributed by atoms with Gasteiger partial charge in [-0.15, -0.1) is 0 Å². The van der Waals surface area contributed by atoms with E-state index in [1.54, 1.807) is 0 Å². The standard InChI is InChI=1S/C13H24O11/c1-21-13-11(9(19)7(17)5(3-15)23-13)24-12-10(20)8(18)6(16)4(2-14)22-12/h4-20H,2-3H2,1H3. The number of aliphatic hydroxyl groups is 7. The molecular formula is C13H24O11. The summed E-state index contributed by atoms with van der Waals surface area (Å²) < 4.78 is 20.8. The van der Waals surface area contributed by atoms with Crippen molar-refractivity contribution in [2.45, 2.75) is 61.4 Å². The molecule has 0 aromatic heterocycles. The van der Waals surface area contributed by atoms with Gasteiger partial charge in [0.25, 0.3) is 0 Å². The van der Waals surface area contributed by atoms with E-state index in [0.717, 1.165) is 0 Å². The topological polar surface area (TPSA) is 179 Å². The van der Waals surface area contributed by atoms with E-state index in [0.29, 0.717) is 0 Å². The highest BCUT2D eigenvalue weighted by Gasteiger charge is 2.50. The predicted molar refractivity (Wildman–Crippen MR) is 73.4 cm³/mol. The Kier molecular flexibility index (Phi) is 6.87. The second kappa shape index (κ2) is 8.29. The van der Waals surface area contributed by atoms with Crippen molar-refractivity contribution in [3.8, 4) is 0 Å². The molecule has 0 aromatic carbocycles. The molecule has 0 radical (unpaired) electrons. The number of methoxy groups -OCH3 is 1. The molecule has 0 saturated carbocycles. The van der Waals surface area contributed by atoms with Crippen LogP contribution in [0.2, 0.25) is 0 Å². The summed E-state index contributed by atoms with van der Waals surface area (Å²) >= 11 is 0. The van der Waals surface area contributed by atoms with Crippen molar-refractivity contribution in [3.63, 3.8) is 0 Å². The zero-order valence-corrected chi connectivity index (χ0v) is 13.0. The summed E-state index contributed by atoms with van der Waals surface area (Å²) in [5, 5.41) is 67.8. The Hall–Kier alpha value is -0.440. The highest BCUT2D eigenvalue weighted by Crippen LogP contribution is 2.29. The van der Waals surface area contributed by atoms with Crippen LogP contribution in [0.4, 0.5) is 0 Å². The third-order valence-corrected chi connectivity index (χ3v) is 4.20. The fourth-order valence-electron chi connectivity index (χ4n) is 2.73. The van der Waals surface area contributed by atoms with E-state index >= 15 is 0 Å². The average molecular weight is 356 g/mol. The maximum absolute atomic E-state index is 10.2. The van der Waals surface area contributed by atoms with Crippen molar-refractivity contribution in [1.29, 1.82) is 0 Å². The van der Waals surface area contributed by atoms with Crippen molar-refractivity contribution >= 4 is 0 Å². The van der Waals surface area contributed by atoms with Gasteiger partial charge in [0, 0.05) is 7.11 Å². The van der Waals surface area contributed by atoms with Gasteiger partial charge in [-0.2, -0.15) is 0 Å². The molecule has 0 spiro atoms. The van der Waals surface area contributed by atoms with Crippen molar-refractivity contribution in [3.05, 3.63) is 0 Å². The van der Waals surface area contributed by atoms with Gasteiger partial charge in [-0.25, -0.2) is 0 Å². The minimum Gasteiger partial charge on any atom is -0.394 e. The van der Waals surface area contributed by atoms with E-state index in [1.165, 1.54) is 7.11 Å². The van der Waals surface area contributed by atoms with Gasteiger partial charge in [0.2, 0.25) is 0 Å². The molecule has 0 aliphatic carbocycles. The molecular weight excluding hydrogens is 332 g/mol. The van der Waals surface area contributed by atoms with Crippen molar-refractivity contribution in [2.24, 2.45) is 0 Å². The first-order valence-corrected chi connectivity index (χ1v) is 7.46. The van der Waals surface area contributed by atoms with Crippen LogP contribution in [0.3, 0.4) is 0 Å². The van der Waals surface area contributed by atoms with Crippen LogP contribution in [0.1, 0.15) is 0 Å². The van der Waals surface area contributed by atoms with Gasteiger partial charge in [0.1, 0.15) is 48.8 Å². The highest BCUT2D eigenvalue weighted by molar-refractivity contribution is 4.93. The number of ether oxygens (including phenoxy) is 4. The van der Waals surface area contributed by atoms with Gasteiger partial charge in [-0.3, -0.25) is 0 Å². The summed E-state index contributed by atoms with van der Waals surface area (Å²) in [4.78, 5) is 0. The number of rotatable bonds is 5. The Morgan fingerprint density at radius 2 is 1.21 bits per heavy atom. The zero-order valence-electron chi connectivity index (χ0n) is 13.0. The Morgan fingerprint density at radius 1 is 0.708 bits per heavy atom. The van der Waals surface area contributed by atoms with E-state index in [-0.39, 0.29) is 0 Å². The SMILES string of the molecule is COC1OC(CO)C(O)C(O)C1OC1OC(CO)C(O)C(O)C1O. The minimum absolute atomic E-state index is 0.565. The van der Waals surface area contributed by atoms with E-state index in [2.05, 4.69) is 0 Å². The molecule has 2 aliphatic rings. The predicted octanol–water partition coefficient (Wildman–Crippen LogP) is -4.74. The minimum atomic E-state index is -1.68. The first-order chi connectivity index (χ1) is 11.3. The maximum atomic E-state index is 10.2. The van der Waals surface area contributed by atoms with Gasteiger partial charge >= 0.3 is 0 Å². The molecule has 11 heteroatoms. The van der Waals surface area contributed by atoms with E-state index < -0.39 is 74.6 Å². The van der Waals surface area contributed by atoms with Gasteiger partial charge in [0.15, 0.2) is 12.6 Å². The summed E-state index contributed by atoms with van der Waals surface area (Å²) in [6, 6.07) is 0. The smallest absolute Gasteiger partial charge is 0.187 e. The lowest BCUT2D eigenvalue weighted by molar-refractivity contribution is -0.364. The fourth-order valence-corrected chi connectivity index (χ4v) is 2.73. The lowest BCUT2D eigenvalue weighted by Gasteiger charge is -2.45. The molecule has 24 heavy (non-hydrogen) atoms. The quantitative estimate of drug-likeness (QED) is 0.251. The summed E-state index contributed by atoms with van der Waals surface area (Å²) in [7, 11) is 1.24. The average Bonchev–Trinajstić information content (AvgIpc) is 2.59. The van der Waals surface area contributed by atoms with Crippen LogP contribution in [0.5, 0.6) is 0 Å². The largest absolute Gasteiger partial charge is 0.394 e. The third kappa shape index (κ3) is 3.71. The van der Waals surface area contributed by atoms with Crippen LogP contribution in [0.25, 0.3) is 0 Å². The molecule has 142 valence electrons. The van der Waals surface area contributed by atoms with Gasteiger partial charge < -0.3 is 54.7 Å². The van der Waals surface area contributed by atoms with Crippen LogP contribution >= 0.6 is 0 Å². The van der Waals surface area contributed by atoms with Crippen LogP contribution in [-0.4, -0.2) is 117 Å². The van der Waals surface area contributed by atoms with Crippen molar-refractivity contribution in [2.75, 3.05) is 20.3 Å². The fraction of sp³-hybridized carbons (Fsp3) is 1.00. The van der Waals surface area contributed by atoms with E-state index in [4.69, 9.17) is 29.2 Å². The molecule has 2 aliphatic heterocycles. The summed E-state index contributed by atoms with van der Waals surface area (Å²) in [6.07, 6.45) is -14.3. The number of aliphatic hydroxyl groups excluding tert-OH is 7. The molecule has 2 heterocycles. The first kappa shape index (κ1) is 19.9. The lowest BCUT2D eigenvalue weighted by atomic mass is 9.97. The number of hydrogen-bond acceptors (Lipinski definition) is 11. The van der Waals surface area contributed by atoms with Gasteiger partial charge in [0.05, 0.1) is 13.2 Å². The Morgan fingerprint density at radius 3 is 1.71 bits per heavy atom. The molecule has 0 aromatic rings. The van der Waals surface area contributed by atoms with Gasteiger partial charge in [-0.1, -0.05) is 0 Å². The summed E-state index contributed by atoms with van der Waals surface area (Å²) in [5.74, 6) is 0. The molecule has 2 fully saturated rings. The molecule has 11 nitrogen and oxygen atoms in total. The normalized spacial score (nSPS) is 50.0. The first-order valence-electron chi connectivity index (χ1n) is 7.46. The molecule has 10 unspecified atom stereocenters. The molecule has 7 N–H and O–H groups in total. The Bertz CT molecular complexity index is 392. The van der Waals surface area contributed by atoms with Crippen LogP contribution in [0.15, 0.2) is 0 Å². The van der Waals surface area contributed by atoms with Crippen LogP contribution in [-0.2, 0) is 18.9 Å². The zero-order chi connectivity index (χ0) is 18.0. The highest BCUT2D eigenvalue weighted by atomic mass is 16.8. The summed E-state index contributed by atoms with van der Waals surface area (Å²) in [6.45, 7) is -1.21. The molecule has 0 bridgehead atoms. The summed E-state index contributed by atoms with van der Waals surface area (Å²) in [5.41, 5.74) is 0. The number of hydrogen-bond donors (Lipinski definition) is 7. The van der Waals surface area contributed by atoms with Gasteiger partial charge in [-0.05, 0) is 0 Å². The lowest BCUT2D eigenvalue weighted by Crippen LogP contribution is -2.64. The van der Waals surface area contributed by atoms with E-state index in [9.17, 15) is 25.5 Å². The van der Waals surface area contributed by atoms with Crippen LogP contribution in [0, 0.1) is 0 Å². The third-order valence-electron chi connectivity index (χ3n) is 4.20. The second-order valence-electron chi connectivity index (χ2n) is 5.74. The maximum Gasteiger partial charge on any atom is 0.187 e. The Labute approximate surface area is 137 Å². The molecule has 2 saturated heterocycles. The van der Waals surface area contributed by atoms with Crippen molar-refractivity contribution < 1.29 is 54.7 Å². The Balaban J connectivity index is 2.12. The molecule has 10 atom stereocenters. The van der Waals surface area contributed by atoms with Crippen molar-refractivity contribution in [1.82, 2.24) is 0 Å². The van der Waals surface area contributed by atoms with E-state index in [1.807, 2.05) is 0 Å². The molecule has 0 amide bonds.